The van der Waals surface area contributed by atoms with Crippen LogP contribution in [0.5, 0.6) is 0 Å². The Labute approximate surface area is 166 Å². The lowest BCUT2D eigenvalue weighted by Gasteiger charge is -2.39. The van der Waals surface area contributed by atoms with Crippen LogP contribution in [-0.2, 0) is 23.1 Å². The maximum absolute atomic E-state index is 12.8. The van der Waals surface area contributed by atoms with Crippen LogP contribution >= 0.6 is 15.9 Å². The summed E-state index contributed by atoms with van der Waals surface area (Å²) in [6, 6.07) is 8.09. The minimum atomic E-state index is -0.472. The topological polar surface area (TPSA) is 65.2 Å². The Morgan fingerprint density at radius 3 is 2.67 bits per heavy atom. The third-order valence-electron chi connectivity index (χ3n) is 6.47. The SMILES string of the molecule is O=C1Nc2cccc(Br)c2C12CCN(c1cc3c(c(=O)[nH]1)CCCC3)CC2. The second-order valence-electron chi connectivity index (χ2n) is 7.88. The van der Waals surface area contributed by atoms with Crippen molar-refractivity contribution in [1.82, 2.24) is 4.98 Å². The van der Waals surface area contributed by atoms with Crippen LogP contribution in [0, 0.1) is 0 Å². The fraction of sp³-hybridized carbons (Fsp3) is 0.429. The Kier molecular flexibility index (Phi) is 3.93. The number of aromatic amines is 1. The number of hydrogen-bond acceptors (Lipinski definition) is 3. The van der Waals surface area contributed by atoms with Crippen molar-refractivity contribution >= 4 is 33.3 Å². The first-order chi connectivity index (χ1) is 13.1. The summed E-state index contributed by atoms with van der Waals surface area (Å²) in [4.78, 5) is 30.6. The van der Waals surface area contributed by atoms with E-state index in [0.29, 0.717) is 0 Å². The van der Waals surface area contributed by atoms with Gasteiger partial charge in [0.1, 0.15) is 5.82 Å². The Morgan fingerprint density at radius 1 is 1.07 bits per heavy atom. The quantitative estimate of drug-likeness (QED) is 0.731. The Morgan fingerprint density at radius 2 is 1.85 bits per heavy atom. The molecule has 0 atom stereocenters. The number of halogens is 1. The third kappa shape index (κ3) is 2.57. The molecule has 2 aliphatic heterocycles. The van der Waals surface area contributed by atoms with Crippen LogP contribution in [0.2, 0.25) is 0 Å². The average Bonchev–Trinajstić information content (AvgIpc) is 2.95. The van der Waals surface area contributed by atoms with Gasteiger partial charge in [0.15, 0.2) is 0 Å². The van der Waals surface area contributed by atoms with Crippen molar-refractivity contribution in [2.75, 3.05) is 23.3 Å². The van der Waals surface area contributed by atoms with Crippen LogP contribution in [-0.4, -0.2) is 24.0 Å². The van der Waals surface area contributed by atoms with Gasteiger partial charge in [0.2, 0.25) is 5.91 Å². The number of rotatable bonds is 1. The maximum Gasteiger partial charge on any atom is 0.252 e. The molecule has 0 radical (unpaired) electrons. The van der Waals surface area contributed by atoms with E-state index in [0.717, 1.165) is 78.7 Å². The first-order valence-electron chi connectivity index (χ1n) is 9.69. The van der Waals surface area contributed by atoms with Gasteiger partial charge in [0, 0.05) is 34.4 Å². The van der Waals surface area contributed by atoms with Crippen molar-refractivity contribution in [3.8, 4) is 0 Å². The van der Waals surface area contributed by atoms with Crippen LogP contribution in [0.15, 0.2) is 33.5 Å². The summed E-state index contributed by atoms with van der Waals surface area (Å²) in [6.07, 6.45) is 5.63. The fourth-order valence-electron chi connectivity index (χ4n) is 4.99. The molecular weight excluding hydrogens is 406 g/mol. The molecule has 2 aromatic rings. The van der Waals surface area contributed by atoms with Crippen LogP contribution < -0.4 is 15.8 Å². The Hall–Kier alpha value is -2.08. The number of anilines is 2. The number of fused-ring (bicyclic) bond motifs is 3. The highest BCUT2D eigenvalue weighted by molar-refractivity contribution is 9.10. The van der Waals surface area contributed by atoms with Crippen molar-refractivity contribution in [3.63, 3.8) is 0 Å². The molecule has 3 heterocycles. The van der Waals surface area contributed by atoms with Crippen LogP contribution in [0.1, 0.15) is 42.4 Å². The van der Waals surface area contributed by atoms with Gasteiger partial charge in [0.25, 0.3) is 5.56 Å². The number of aromatic nitrogens is 1. The van der Waals surface area contributed by atoms with E-state index in [-0.39, 0.29) is 11.5 Å². The number of H-pyrrole nitrogens is 1. The van der Waals surface area contributed by atoms with Gasteiger partial charge in [-0.3, -0.25) is 9.59 Å². The molecule has 1 aromatic heterocycles. The Balaban J connectivity index is 1.44. The van der Waals surface area contributed by atoms with Gasteiger partial charge >= 0.3 is 0 Å². The first kappa shape index (κ1) is 17.0. The minimum Gasteiger partial charge on any atom is -0.358 e. The molecule has 1 aliphatic carbocycles. The highest BCUT2D eigenvalue weighted by Gasteiger charge is 2.49. The monoisotopic (exact) mass is 427 g/mol. The smallest absolute Gasteiger partial charge is 0.252 e. The first-order valence-corrected chi connectivity index (χ1v) is 10.5. The van der Waals surface area contributed by atoms with E-state index >= 15 is 0 Å². The lowest BCUT2D eigenvalue weighted by atomic mass is 9.73. The van der Waals surface area contributed by atoms with Crippen LogP contribution in [0.3, 0.4) is 0 Å². The lowest BCUT2D eigenvalue weighted by Crippen LogP contribution is -2.47. The van der Waals surface area contributed by atoms with E-state index in [1.165, 1.54) is 5.56 Å². The van der Waals surface area contributed by atoms with Gasteiger partial charge in [-0.15, -0.1) is 0 Å². The molecule has 0 unspecified atom stereocenters. The standard InChI is InChI=1S/C21H22BrN3O2/c22-15-6-3-7-16-18(15)21(20(27)23-16)8-10-25(11-9-21)17-12-13-4-1-2-5-14(13)19(26)24-17/h3,6-7,12H,1-2,4-5,8-11H2,(H,23,27)(H,24,26). The zero-order valence-corrected chi connectivity index (χ0v) is 16.7. The van der Waals surface area contributed by atoms with Gasteiger partial charge in [-0.1, -0.05) is 22.0 Å². The zero-order chi connectivity index (χ0) is 18.6. The molecule has 1 spiro atoms. The van der Waals surface area contributed by atoms with E-state index in [2.05, 4.69) is 37.2 Å². The molecule has 0 bridgehead atoms. The molecule has 1 fully saturated rings. The van der Waals surface area contributed by atoms with Crippen molar-refractivity contribution in [2.45, 2.75) is 43.9 Å². The van der Waals surface area contributed by atoms with Gasteiger partial charge < -0.3 is 15.2 Å². The summed E-state index contributed by atoms with van der Waals surface area (Å²) < 4.78 is 0.994. The lowest BCUT2D eigenvalue weighted by molar-refractivity contribution is -0.121. The molecule has 0 saturated carbocycles. The highest BCUT2D eigenvalue weighted by atomic mass is 79.9. The van der Waals surface area contributed by atoms with E-state index in [9.17, 15) is 9.59 Å². The second-order valence-corrected chi connectivity index (χ2v) is 8.73. The summed E-state index contributed by atoms with van der Waals surface area (Å²) >= 11 is 3.64. The number of nitrogens with one attached hydrogen (secondary N) is 2. The van der Waals surface area contributed by atoms with E-state index in [1.807, 2.05) is 18.2 Å². The second kappa shape index (κ2) is 6.23. The zero-order valence-electron chi connectivity index (χ0n) is 15.1. The summed E-state index contributed by atoms with van der Waals surface area (Å²) in [6.45, 7) is 1.51. The number of nitrogens with zero attached hydrogens (tertiary/aromatic N) is 1. The third-order valence-corrected chi connectivity index (χ3v) is 7.13. The number of hydrogen-bond donors (Lipinski definition) is 2. The molecule has 27 heavy (non-hydrogen) atoms. The highest BCUT2D eigenvalue weighted by Crippen LogP contribution is 2.48. The number of pyridine rings is 1. The van der Waals surface area contributed by atoms with E-state index < -0.39 is 5.41 Å². The summed E-state index contributed by atoms with van der Waals surface area (Å²) in [7, 11) is 0. The van der Waals surface area contributed by atoms with Gasteiger partial charge in [0.05, 0.1) is 5.41 Å². The van der Waals surface area contributed by atoms with Crippen molar-refractivity contribution < 1.29 is 4.79 Å². The number of carbonyl (C=O) groups is 1. The van der Waals surface area contributed by atoms with Crippen LogP contribution in [0.4, 0.5) is 11.5 Å². The predicted molar refractivity (Wildman–Crippen MR) is 110 cm³/mol. The molecular formula is C21H22BrN3O2. The summed E-state index contributed by atoms with van der Waals surface area (Å²) in [5.41, 5.74) is 3.77. The predicted octanol–water partition coefficient (Wildman–Crippen LogP) is 3.51. The number of aryl methyl sites for hydroxylation is 1. The number of piperidine rings is 1. The number of carbonyl (C=O) groups excluding carboxylic acids is 1. The maximum atomic E-state index is 12.8. The molecule has 2 N–H and O–H groups in total. The largest absolute Gasteiger partial charge is 0.358 e. The minimum absolute atomic E-state index is 0.0641. The normalized spacial score (nSPS) is 20.3. The van der Waals surface area contributed by atoms with Gasteiger partial charge in [-0.05, 0) is 62.3 Å². The number of benzene rings is 1. The van der Waals surface area contributed by atoms with Crippen molar-refractivity contribution in [1.29, 1.82) is 0 Å². The molecule has 1 amide bonds. The van der Waals surface area contributed by atoms with Crippen LogP contribution in [0.25, 0.3) is 0 Å². The molecule has 1 aromatic carbocycles. The molecule has 5 rings (SSSR count). The van der Waals surface area contributed by atoms with Crippen molar-refractivity contribution in [3.05, 3.63) is 55.8 Å². The van der Waals surface area contributed by atoms with E-state index in [1.54, 1.807) is 0 Å². The van der Waals surface area contributed by atoms with Crippen molar-refractivity contribution in [2.24, 2.45) is 0 Å². The molecule has 140 valence electrons. The average molecular weight is 428 g/mol. The molecule has 1 saturated heterocycles. The number of amides is 1. The fourth-order valence-corrected chi connectivity index (χ4v) is 5.73. The molecule has 5 nitrogen and oxygen atoms in total. The molecule has 6 heteroatoms. The molecule has 3 aliphatic rings. The summed E-state index contributed by atoms with van der Waals surface area (Å²) in [5.74, 6) is 1.00. The Bertz CT molecular complexity index is 989. The van der Waals surface area contributed by atoms with E-state index in [4.69, 9.17) is 0 Å². The summed E-state index contributed by atoms with van der Waals surface area (Å²) in [5, 5.41) is 3.06. The van der Waals surface area contributed by atoms with Gasteiger partial charge in [-0.25, -0.2) is 0 Å². The van der Waals surface area contributed by atoms with Gasteiger partial charge in [-0.2, -0.15) is 0 Å².